The Balaban J connectivity index is 1.91. The fraction of sp³-hybridized carbons (Fsp3) is 0.429. The molecule has 2 rings (SSSR count). The van der Waals surface area contributed by atoms with Crippen LogP contribution in [0.2, 0.25) is 0 Å². The number of hydrogen-bond acceptors (Lipinski definition) is 6. The number of rotatable bonds is 7. The first-order valence-electron chi connectivity index (χ1n) is 6.77. The Kier molecular flexibility index (Phi) is 5.28. The summed E-state index contributed by atoms with van der Waals surface area (Å²) in [5, 5.41) is 0. The van der Waals surface area contributed by atoms with Crippen molar-refractivity contribution in [2.45, 2.75) is 19.6 Å². The van der Waals surface area contributed by atoms with E-state index in [0.29, 0.717) is 18.8 Å². The predicted molar refractivity (Wildman–Crippen MR) is 82.2 cm³/mol. The number of nitrogens with zero attached hydrogens (tertiary/aromatic N) is 4. The molecule has 0 fully saturated rings. The molecule has 2 aromatic rings. The minimum Gasteiger partial charge on any atom is -0.463 e. The number of furan rings is 1. The van der Waals surface area contributed by atoms with Gasteiger partial charge in [0.2, 0.25) is 10.0 Å². The van der Waals surface area contributed by atoms with Gasteiger partial charge in [0.1, 0.15) is 11.5 Å². The molecular weight excluding hydrogens is 304 g/mol. The largest absolute Gasteiger partial charge is 0.463 e. The molecule has 0 saturated heterocycles. The second-order valence-electron chi connectivity index (χ2n) is 5.26. The molecule has 2 aromatic heterocycles. The molecule has 0 aromatic carbocycles. The van der Waals surface area contributed by atoms with E-state index in [1.807, 2.05) is 18.0 Å². The van der Waals surface area contributed by atoms with Gasteiger partial charge in [-0.1, -0.05) is 0 Å². The Morgan fingerprint density at radius 1 is 1.09 bits per heavy atom. The summed E-state index contributed by atoms with van der Waals surface area (Å²) < 4.78 is 29.7. The van der Waals surface area contributed by atoms with Gasteiger partial charge in [0.05, 0.1) is 25.0 Å². The molecule has 2 heterocycles. The van der Waals surface area contributed by atoms with Crippen molar-refractivity contribution >= 4 is 10.0 Å². The van der Waals surface area contributed by atoms with Crippen molar-refractivity contribution in [1.29, 1.82) is 0 Å². The highest BCUT2D eigenvalue weighted by Crippen LogP contribution is 2.13. The van der Waals surface area contributed by atoms with Gasteiger partial charge in [0.25, 0.3) is 0 Å². The van der Waals surface area contributed by atoms with Gasteiger partial charge in [-0.15, -0.1) is 0 Å². The number of sulfonamides is 1. The molecule has 0 bridgehead atoms. The van der Waals surface area contributed by atoms with Crippen LogP contribution in [0.1, 0.15) is 17.2 Å². The van der Waals surface area contributed by atoms with Crippen molar-refractivity contribution < 1.29 is 12.8 Å². The van der Waals surface area contributed by atoms with Crippen LogP contribution in [0.15, 0.2) is 35.1 Å². The van der Waals surface area contributed by atoms with Crippen LogP contribution in [0.4, 0.5) is 0 Å². The Labute approximate surface area is 130 Å². The normalized spacial score (nSPS) is 12.2. The van der Waals surface area contributed by atoms with Crippen LogP contribution >= 0.6 is 0 Å². The molecule has 0 atom stereocenters. The molecule has 0 N–H and O–H groups in total. The van der Waals surface area contributed by atoms with Gasteiger partial charge in [-0.05, 0) is 19.2 Å². The summed E-state index contributed by atoms with van der Waals surface area (Å²) in [5.41, 5.74) is 0.883. The summed E-state index contributed by atoms with van der Waals surface area (Å²) in [7, 11) is 0.276. The van der Waals surface area contributed by atoms with Crippen LogP contribution in [-0.2, 0) is 29.7 Å². The molecule has 0 aliphatic rings. The van der Waals surface area contributed by atoms with E-state index in [1.54, 1.807) is 24.7 Å². The summed E-state index contributed by atoms with van der Waals surface area (Å²) in [5.74, 6) is 1.40. The zero-order chi connectivity index (χ0) is 16.2. The smallest absolute Gasteiger partial charge is 0.211 e. The van der Waals surface area contributed by atoms with Crippen molar-refractivity contribution in [2.75, 3.05) is 20.4 Å². The van der Waals surface area contributed by atoms with Crippen LogP contribution in [-0.4, -0.2) is 47.9 Å². The van der Waals surface area contributed by atoms with Gasteiger partial charge < -0.3 is 4.42 Å². The lowest BCUT2D eigenvalue weighted by atomic mass is 10.3. The van der Waals surface area contributed by atoms with Crippen LogP contribution in [0.25, 0.3) is 0 Å². The van der Waals surface area contributed by atoms with Gasteiger partial charge in [-0.3, -0.25) is 14.9 Å². The lowest BCUT2D eigenvalue weighted by molar-refractivity contribution is 0.276. The summed E-state index contributed by atoms with van der Waals surface area (Å²) in [4.78, 5) is 10.3. The first kappa shape index (κ1) is 16.6. The molecule has 0 aliphatic heterocycles. The maximum Gasteiger partial charge on any atom is 0.211 e. The lowest BCUT2D eigenvalue weighted by Crippen LogP contribution is -2.24. The fourth-order valence-electron chi connectivity index (χ4n) is 1.94. The third-order valence-corrected chi connectivity index (χ3v) is 4.40. The molecule has 0 radical (unpaired) electrons. The quantitative estimate of drug-likeness (QED) is 0.758. The maximum atomic E-state index is 11.4. The first-order valence-corrected chi connectivity index (χ1v) is 8.62. The predicted octanol–water partition coefficient (Wildman–Crippen LogP) is 1.09. The lowest BCUT2D eigenvalue weighted by Gasteiger charge is -2.14. The Bertz CT molecular complexity index is 700. The molecule has 8 heteroatoms. The highest BCUT2D eigenvalue weighted by Gasteiger charge is 2.14. The Morgan fingerprint density at radius 2 is 1.77 bits per heavy atom. The van der Waals surface area contributed by atoms with Gasteiger partial charge in [0, 0.05) is 32.2 Å². The summed E-state index contributed by atoms with van der Waals surface area (Å²) in [6.45, 7) is 1.50. The van der Waals surface area contributed by atoms with E-state index in [1.165, 1.54) is 17.6 Å². The molecule has 0 spiro atoms. The first-order chi connectivity index (χ1) is 10.3. The van der Waals surface area contributed by atoms with Gasteiger partial charge >= 0.3 is 0 Å². The minimum absolute atomic E-state index is 0.229. The van der Waals surface area contributed by atoms with Gasteiger partial charge in [-0.25, -0.2) is 8.42 Å². The van der Waals surface area contributed by atoms with Crippen molar-refractivity contribution in [3.63, 3.8) is 0 Å². The monoisotopic (exact) mass is 324 g/mol. The van der Waals surface area contributed by atoms with Crippen molar-refractivity contribution in [1.82, 2.24) is 19.2 Å². The van der Waals surface area contributed by atoms with Crippen molar-refractivity contribution in [3.8, 4) is 0 Å². The second kappa shape index (κ2) is 6.99. The van der Waals surface area contributed by atoms with E-state index in [9.17, 15) is 8.42 Å². The molecular formula is C14H20N4O3S. The molecule has 22 heavy (non-hydrogen) atoms. The van der Waals surface area contributed by atoms with Crippen LogP contribution < -0.4 is 0 Å². The highest BCUT2D eigenvalue weighted by molar-refractivity contribution is 7.88. The fourth-order valence-corrected chi connectivity index (χ4v) is 2.30. The number of aromatic nitrogens is 2. The zero-order valence-electron chi connectivity index (χ0n) is 12.9. The third-order valence-electron chi connectivity index (χ3n) is 3.14. The summed E-state index contributed by atoms with van der Waals surface area (Å²) >= 11 is 0. The van der Waals surface area contributed by atoms with Gasteiger partial charge in [0.15, 0.2) is 0 Å². The van der Waals surface area contributed by atoms with E-state index in [2.05, 4.69) is 9.97 Å². The standard InChI is InChI=1S/C14H20N4O3S/c1-17(9-12-8-15-6-7-16-12)10-13-4-5-14(21-13)11-18(2)22(3,19)20/h4-8H,9-11H2,1-3H3. The van der Waals surface area contributed by atoms with Crippen molar-refractivity contribution in [3.05, 3.63) is 47.9 Å². The molecule has 120 valence electrons. The topological polar surface area (TPSA) is 79.5 Å². The average Bonchev–Trinajstić information content (AvgIpc) is 2.85. The summed E-state index contributed by atoms with van der Waals surface area (Å²) in [6.07, 6.45) is 6.20. The van der Waals surface area contributed by atoms with Gasteiger partial charge in [-0.2, -0.15) is 4.31 Å². The Morgan fingerprint density at radius 3 is 2.36 bits per heavy atom. The van der Waals surface area contributed by atoms with E-state index >= 15 is 0 Å². The van der Waals surface area contributed by atoms with E-state index in [0.717, 1.165) is 11.5 Å². The third kappa shape index (κ3) is 4.90. The molecule has 0 unspecified atom stereocenters. The van der Waals surface area contributed by atoms with E-state index < -0.39 is 10.0 Å². The van der Waals surface area contributed by atoms with E-state index in [4.69, 9.17) is 4.42 Å². The average molecular weight is 324 g/mol. The minimum atomic E-state index is -3.21. The van der Waals surface area contributed by atoms with Crippen LogP contribution in [0.5, 0.6) is 0 Å². The zero-order valence-corrected chi connectivity index (χ0v) is 13.7. The Hall–Kier alpha value is -1.77. The summed E-state index contributed by atoms with van der Waals surface area (Å²) in [6, 6.07) is 3.66. The molecule has 0 amide bonds. The highest BCUT2D eigenvalue weighted by atomic mass is 32.2. The SMILES string of the molecule is CN(Cc1cnccn1)Cc1ccc(CN(C)S(C)(=O)=O)o1. The molecule has 7 nitrogen and oxygen atoms in total. The van der Waals surface area contributed by atoms with Crippen molar-refractivity contribution in [2.24, 2.45) is 0 Å². The molecule has 0 aliphatic carbocycles. The van der Waals surface area contributed by atoms with Crippen LogP contribution in [0, 0.1) is 0 Å². The van der Waals surface area contributed by atoms with E-state index in [-0.39, 0.29) is 6.54 Å². The molecule has 0 saturated carbocycles. The number of hydrogen-bond donors (Lipinski definition) is 0. The van der Waals surface area contributed by atoms with Crippen LogP contribution in [0.3, 0.4) is 0 Å². The second-order valence-corrected chi connectivity index (χ2v) is 7.35. The maximum absolute atomic E-state index is 11.4.